The van der Waals surface area contributed by atoms with E-state index < -0.39 is 0 Å². The standard InChI is InChI=1S/C22H26N4O2S2/c1-13-7-6-10-17(14(13)2)24-18(27)12-30-22-25-20-19(21(28)26(22)23)16(11-29-20)15-8-4-3-5-9-15/h3-5,8-9,11,13-14,17H,6-7,10,12,23H2,1-2H3,(H,24,27). The first-order valence-electron chi connectivity index (χ1n) is 10.2. The summed E-state index contributed by atoms with van der Waals surface area (Å²) >= 11 is 2.62. The first kappa shape index (κ1) is 20.9. The van der Waals surface area contributed by atoms with Crippen LogP contribution in [0.4, 0.5) is 0 Å². The fraction of sp³-hybridized carbons (Fsp3) is 0.409. The van der Waals surface area contributed by atoms with Crippen molar-refractivity contribution in [2.24, 2.45) is 11.8 Å². The van der Waals surface area contributed by atoms with E-state index in [-0.39, 0.29) is 23.3 Å². The highest BCUT2D eigenvalue weighted by molar-refractivity contribution is 7.99. The molecule has 3 aromatic rings. The lowest BCUT2D eigenvalue weighted by Crippen LogP contribution is -2.44. The topological polar surface area (TPSA) is 90.0 Å². The lowest BCUT2D eigenvalue weighted by molar-refractivity contribution is -0.120. The molecule has 1 aliphatic rings. The van der Waals surface area contributed by atoms with E-state index in [2.05, 4.69) is 24.1 Å². The number of aromatic nitrogens is 2. The lowest BCUT2D eigenvalue weighted by atomic mass is 9.78. The number of carbonyl (C=O) groups is 1. The van der Waals surface area contributed by atoms with Crippen molar-refractivity contribution in [3.05, 3.63) is 46.1 Å². The van der Waals surface area contributed by atoms with E-state index in [0.29, 0.717) is 27.2 Å². The Morgan fingerprint density at radius 1 is 1.30 bits per heavy atom. The highest BCUT2D eigenvalue weighted by Crippen LogP contribution is 2.32. The van der Waals surface area contributed by atoms with Crippen molar-refractivity contribution in [2.75, 3.05) is 11.6 Å². The zero-order valence-electron chi connectivity index (χ0n) is 17.1. The molecule has 6 nitrogen and oxygen atoms in total. The number of nitrogens with one attached hydrogen (secondary N) is 1. The van der Waals surface area contributed by atoms with Gasteiger partial charge in [0.2, 0.25) is 5.91 Å². The van der Waals surface area contributed by atoms with Crippen molar-refractivity contribution < 1.29 is 4.79 Å². The van der Waals surface area contributed by atoms with Gasteiger partial charge in [0.25, 0.3) is 5.56 Å². The summed E-state index contributed by atoms with van der Waals surface area (Å²) in [5.74, 6) is 7.29. The molecule has 1 saturated carbocycles. The molecule has 3 N–H and O–H groups in total. The monoisotopic (exact) mass is 442 g/mol. The highest BCUT2D eigenvalue weighted by Gasteiger charge is 2.28. The Balaban J connectivity index is 1.51. The molecule has 2 aromatic heterocycles. The Morgan fingerprint density at radius 2 is 2.07 bits per heavy atom. The molecular formula is C22H26N4O2S2. The Hall–Kier alpha value is -2.32. The fourth-order valence-electron chi connectivity index (χ4n) is 4.08. The number of hydrogen-bond donors (Lipinski definition) is 2. The predicted molar refractivity (Wildman–Crippen MR) is 124 cm³/mol. The van der Waals surface area contributed by atoms with Crippen LogP contribution in [0.1, 0.15) is 33.1 Å². The number of carbonyl (C=O) groups excluding carboxylic acids is 1. The molecule has 0 spiro atoms. The van der Waals surface area contributed by atoms with Crippen LogP contribution in [-0.2, 0) is 4.79 Å². The van der Waals surface area contributed by atoms with Gasteiger partial charge in [0.1, 0.15) is 4.83 Å². The third-order valence-electron chi connectivity index (χ3n) is 6.08. The SMILES string of the molecule is CC1CCCC(NC(=O)CSc2nc3scc(-c4ccccc4)c3c(=O)n2N)C1C. The van der Waals surface area contributed by atoms with Crippen LogP contribution in [0.3, 0.4) is 0 Å². The van der Waals surface area contributed by atoms with Gasteiger partial charge in [-0.15, -0.1) is 11.3 Å². The van der Waals surface area contributed by atoms with Crippen molar-refractivity contribution in [3.63, 3.8) is 0 Å². The maximum Gasteiger partial charge on any atom is 0.282 e. The second kappa shape index (κ2) is 8.81. The van der Waals surface area contributed by atoms with E-state index in [9.17, 15) is 9.59 Å². The van der Waals surface area contributed by atoms with Crippen molar-refractivity contribution in [1.82, 2.24) is 15.0 Å². The van der Waals surface area contributed by atoms with Crippen LogP contribution in [0.15, 0.2) is 45.7 Å². The Bertz CT molecular complexity index is 1110. The minimum atomic E-state index is -0.294. The molecule has 3 unspecified atom stereocenters. The summed E-state index contributed by atoms with van der Waals surface area (Å²) in [5.41, 5.74) is 1.50. The number of amides is 1. The van der Waals surface area contributed by atoms with Gasteiger partial charge in [-0.3, -0.25) is 9.59 Å². The summed E-state index contributed by atoms with van der Waals surface area (Å²) in [5, 5.41) is 5.96. The van der Waals surface area contributed by atoms with Gasteiger partial charge in [-0.05, 0) is 23.8 Å². The number of hydrogen-bond acceptors (Lipinski definition) is 6. The number of thioether (sulfide) groups is 1. The van der Waals surface area contributed by atoms with Gasteiger partial charge < -0.3 is 11.2 Å². The molecule has 1 aliphatic carbocycles. The number of benzene rings is 1. The molecule has 0 aliphatic heterocycles. The highest BCUT2D eigenvalue weighted by atomic mass is 32.2. The van der Waals surface area contributed by atoms with Crippen molar-refractivity contribution in [1.29, 1.82) is 0 Å². The number of thiophene rings is 1. The van der Waals surface area contributed by atoms with Crippen LogP contribution in [-0.4, -0.2) is 27.4 Å². The second-order valence-corrected chi connectivity index (χ2v) is 9.80. The average molecular weight is 443 g/mol. The van der Waals surface area contributed by atoms with Gasteiger partial charge in [-0.25, -0.2) is 9.66 Å². The van der Waals surface area contributed by atoms with Gasteiger partial charge >= 0.3 is 0 Å². The number of nitrogens with two attached hydrogens (primary N) is 1. The zero-order valence-corrected chi connectivity index (χ0v) is 18.8. The molecule has 1 amide bonds. The molecule has 0 radical (unpaired) electrons. The van der Waals surface area contributed by atoms with Crippen LogP contribution < -0.4 is 16.7 Å². The molecule has 158 valence electrons. The number of rotatable bonds is 5. The fourth-order valence-corrected chi connectivity index (χ4v) is 5.80. The molecule has 1 fully saturated rings. The van der Waals surface area contributed by atoms with E-state index in [1.54, 1.807) is 0 Å². The summed E-state index contributed by atoms with van der Waals surface area (Å²) in [7, 11) is 0. The van der Waals surface area contributed by atoms with Crippen LogP contribution in [0, 0.1) is 11.8 Å². The summed E-state index contributed by atoms with van der Waals surface area (Å²) in [6.45, 7) is 4.45. The van der Waals surface area contributed by atoms with Crippen LogP contribution in [0.2, 0.25) is 0 Å². The Kier molecular flexibility index (Phi) is 6.15. The van der Waals surface area contributed by atoms with Crippen LogP contribution in [0.25, 0.3) is 21.3 Å². The third kappa shape index (κ3) is 4.11. The molecule has 30 heavy (non-hydrogen) atoms. The molecule has 0 bridgehead atoms. The van der Waals surface area contributed by atoms with Crippen molar-refractivity contribution in [3.8, 4) is 11.1 Å². The predicted octanol–water partition coefficient (Wildman–Crippen LogP) is 3.87. The summed E-state index contributed by atoms with van der Waals surface area (Å²) in [6, 6.07) is 9.94. The zero-order chi connectivity index (χ0) is 21.3. The van der Waals surface area contributed by atoms with Gasteiger partial charge in [-0.1, -0.05) is 68.8 Å². The molecule has 2 heterocycles. The lowest BCUT2D eigenvalue weighted by Gasteiger charge is -2.34. The van der Waals surface area contributed by atoms with Crippen molar-refractivity contribution >= 4 is 39.2 Å². The first-order valence-corrected chi connectivity index (χ1v) is 12.1. The van der Waals surface area contributed by atoms with E-state index in [1.165, 1.54) is 29.5 Å². The number of nitrogen functional groups attached to an aromatic ring is 1. The largest absolute Gasteiger partial charge is 0.352 e. The van der Waals surface area contributed by atoms with Crippen molar-refractivity contribution in [2.45, 2.75) is 44.3 Å². The molecule has 1 aromatic carbocycles. The quantitative estimate of drug-likeness (QED) is 0.356. The van der Waals surface area contributed by atoms with E-state index in [0.717, 1.165) is 28.6 Å². The minimum absolute atomic E-state index is 0.0450. The van der Waals surface area contributed by atoms with Gasteiger partial charge in [0, 0.05) is 17.0 Å². The Morgan fingerprint density at radius 3 is 2.83 bits per heavy atom. The first-order chi connectivity index (χ1) is 14.5. The smallest absolute Gasteiger partial charge is 0.282 e. The minimum Gasteiger partial charge on any atom is -0.352 e. The van der Waals surface area contributed by atoms with Gasteiger partial charge in [0.15, 0.2) is 5.16 Å². The second-order valence-electron chi connectivity index (χ2n) is 8.00. The third-order valence-corrected chi connectivity index (χ3v) is 7.90. The maximum atomic E-state index is 12.9. The Labute approximate surface area is 183 Å². The number of nitrogens with zero attached hydrogens (tertiary/aromatic N) is 2. The summed E-state index contributed by atoms with van der Waals surface area (Å²) in [6.07, 6.45) is 3.38. The van der Waals surface area contributed by atoms with Gasteiger partial charge in [0.05, 0.1) is 11.1 Å². The molecule has 4 rings (SSSR count). The van der Waals surface area contributed by atoms with E-state index >= 15 is 0 Å². The molecular weight excluding hydrogens is 416 g/mol. The van der Waals surface area contributed by atoms with Crippen LogP contribution >= 0.6 is 23.1 Å². The maximum absolute atomic E-state index is 12.9. The summed E-state index contributed by atoms with van der Waals surface area (Å²) in [4.78, 5) is 30.6. The number of fused-ring (bicyclic) bond motifs is 1. The molecule has 8 heteroatoms. The van der Waals surface area contributed by atoms with E-state index in [1.807, 2.05) is 35.7 Å². The van der Waals surface area contributed by atoms with Crippen LogP contribution in [0.5, 0.6) is 0 Å². The van der Waals surface area contributed by atoms with E-state index in [4.69, 9.17) is 5.84 Å². The summed E-state index contributed by atoms with van der Waals surface area (Å²) < 4.78 is 1.06. The van der Waals surface area contributed by atoms with Gasteiger partial charge in [-0.2, -0.15) is 0 Å². The molecule has 0 saturated heterocycles. The average Bonchev–Trinajstić information content (AvgIpc) is 3.17. The normalized spacial score (nSPS) is 21.6. The molecule has 3 atom stereocenters.